The Balaban J connectivity index is 2.04. The molecular formula is C13H18N4O. The van der Waals surface area contributed by atoms with Crippen molar-refractivity contribution in [2.45, 2.75) is 19.0 Å². The van der Waals surface area contributed by atoms with Crippen molar-refractivity contribution in [2.75, 3.05) is 13.7 Å². The highest BCUT2D eigenvalue weighted by Crippen LogP contribution is 2.13. The fourth-order valence-corrected chi connectivity index (χ4v) is 1.87. The Morgan fingerprint density at radius 1 is 1.33 bits per heavy atom. The monoisotopic (exact) mass is 246 g/mol. The third-order valence-electron chi connectivity index (χ3n) is 2.81. The van der Waals surface area contributed by atoms with E-state index in [-0.39, 0.29) is 6.04 Å². The summed E-state index contributed by atoms with van der Waals surface area (Å²) < 4.78 is 6.99. The normalized spacial score (nSPS) is 12.6. The van der Waals surface area contributed by atoms with Gasteiger partial charge in [-0.15, -0.1) is 10.2 Å². The molecule has 0 spiro atoms. The highest BCUT2D eigenvalue weighted by atomic mass is 16.5. The molecule has 5 heteroatoms. The summed E-state index contributed by atoms with van der Waals surface area (Å²) in [7, 11) is 1.67. The van der Waals surface area contributed by atoms with Gasteiger partial charge in [-0.1, -0.05) is 30.3 Å². The molecule has 0 radical (unpaired) electrons. The van der Waals surface area contributed by atoms with Gasteiger partial charge in [-0.2, -0.15) is 0 Å². The van der Waals surface area contributed by atoms with Gasteiger partial charge in [0.05, 0.1) is 12.6 Å². The van der Waals surface area contributed by atoms with Crippen LogP contribution in [0.5, 0.6) is 0 Å². The number of hydrogen-bond donors (Lipinski definition) is 1. The topological polar surface area (TPSA) is 66.0 Å². The van der Waals surface area contributed by atoms with Crippen molar-refractivity contribution in [2.24, 2.45) is 5.73 Å². The third kappa shape index (κ3) is 3.15. The molecule has 2 N–H and O–H groups in total. The fourth-order valence-electron chi connectivity index (χ4n) is 1.87. The lowest BCUT2D eigenvalue weighted by Crippen LogP contribution is -2.20. The van der Waals surface area contributed by atoms with Crippen LogP contribution in [0.3, 0.4) is 0 Å². The molecule has 96 valence electrons. The van der Waals surface area contributed by atoms with E-state index in [0.29, 0.717) is 6.61 Å². The van der Waals surface area contributed by atoms with Gasteiger partial charge in [0.15, 0.2) is 0 Å². The quantitative estimate of drug-likeness (QED) is 0.830. The van der Waals surface area contributed by atoms with E-state index in [1.54, 1.807) is 13.4 Å². The van der Waals surface area contributed by atoms with Crippen LogP contribution in [0.1, 0.15) is 17.4 Å². The number of aromatic nitrogens is 3. The van der Waals surface area contributed by atoms with Crippen LogP contribution < -0.4 is 5.73 Å². The van der Waals surface area contributed by atoms with Crippen molar-refractivity contribution in [3.63, 3.8) is 0 Å². The van der Waals surface area contributed by atoms with E-state index in [1.807, 2.05) is 22.8 Å². The van der Waals surface area contributed by atoms with E-state index in [2.05, 4.69) is 22.3 Å². The van der Waals surface area contributed by atoms with Gasteiger partial charge in [0.2, 0.25) is 0 Å². The van der Waals surface area contributed by atoms with E-state index in [1.165, 1.54) is 5.56 Å². The highest BCUT2D eigenvalue weighted by molar-refractivity contribution is 5.17. The average Bonchev–Trinajstić information content (AvgIpc) is 2.86. The second-order valence-corrected chi connectivity index (χ2v) is 4.17. The molecule has 0 aliphatic rings. The Morgan fingerprint density at radius 3 is 2.83 bits per heavy atom. The number of nitrogens with two attached hydrogens (primary N) is 1. The van der Waals surface area contributed by atoms with E-state index in [9.17, 15) is 0 Å². The molecule has 0 bridgehead atoms. The number of nitrogens with zero attached hydrogens (tertiary/aromatic N) is 3. The Labute approximate surface area is 107 Å². The maximum Gasteiger partial charge on any atom is 0.150 e. The molecule has 0 unspecified atom stereocenters. The highest BCUT2D eigenvalue weighted by Gasteiger charge is 2.13. The molecule has 0 aliphatic carbocycles. The smallest absolute Gasteiger partial charge is 0.150 e. The van der Waals surface area contributed by atoms with Gasteiger partial charge in [-0.05, 0) is 12.0 Å². The lowest BCUT2D eigenvalue weighted by Gasteiger charge is -2.12. The van der Waals surface area contributed by atoms with Crippen LogP contribution in [0, 0.1) is 0 Å². The molecule has 0 aliphatic heterocycles. The van der Waals surface area contributed by atoms with Crippen molar-refractivity contribution >= 4 is 0 Å². The summed E-state index contributed by atoms with van der Waals surface area (Å²) in [5.74, 6) is 0.802. The predicted molar refractivity (Wildman–Crippen MR) is 69.0 cm³/mol. The van der Waals surface area contributed by atoms with Gasteiger partial charge in [0.25, 0.3) is 0 Å². The average molecular weight is 246 g/mol. The van der Waals surface area contributed by atoms with Gasteiger partial charge < -0.3 is 15.0 Å². The Morgan fingerprint density at radius 2 is 2.11 bits per heavy atom. The maximum atomic E-state index is 6.18. The summed E-state index contributed by atoms with van der Waals surface area (Å²) in [6.45, 7) is 1.35. The van der Waals surface area contributed by atoms with Crippen molar-refractivity contribution in [3.8, 4) is 0 Å². The number of rotatable bonds is 6. The van der Waals surface area contributed by atoms with Crippen molar-refractivity contribution in [1.29, 1.82) is 0 Å². The zero-order valence-corrected chi connectivity index (χ0v) is 10.5. The molecule has 2 rings (SSSR count). The Hall–Kier alpha value is -1.72. The van der Waals surface area contributed by atoms with E-state index in [4.69, 9.17) is 10.5 Å². The molecule has 0 saturated carbocycles. The number of hydrogen-bond acceptors (Lipinski definition) is 4. The van der Waals surface area contributed by atoms with Crippen LogP contribution in [-0.4, -0.2) is 28.5 Å². The summed E-state index contributed by atoms with van der Waals surface area (Å²) in [6, 6.07) is 10.0. The summed E-state index contributed by atoms with van der Waals surface area (Å²) in [4.78, 5) is 0. The predicted octanol–water partition coefficient (Wildman–Crippen LogP) is 1.17. The van der Waals surface area contributed by atoms with Crippen LogP contribution >= 0.6 is 0 Å². The molecule has 18 heavy (non-hydrogen) atoms. The van der Waals surface area contributed by atoms with Gasteiger partial charge in [0.1, 0.15) is 12.2 Å². The standard InChI is InChI=1S/C13H18N4O/c1-18-8-7-17-10-15-16-13(17)12(14)9-11-5-3-2-4-6-11/h2-6,10,12H,7-9,14H2,1H3/t12-/m1/s1. The SMILES string of the molecule is COCCn1cnnc1[C@H](N)Cc1ccccc1. The number of benzene rings is 1. The Kier molecular flexibility index (Phi) is 4.44. The first-order chi connectivity index (χ1) is 8.81. The molecular weight excluding hydrogens is 228 g/mol. The van der Waals surface area contributed by atoms with Crippen LogP contribution in [0.15, 0.2) is 36.7 Å². The first-order valence-electron chi connectivity index (χ1n) is 5.97. The molecule has 1 atom stereocenters. The van der Waals surface area contributed by atoms with Crippen molar-refractivity contribution < 1.29 is 4.74 Å². The Bertz CT molecular complexity index is 469. The minimum absolute atomic E-state index is 0.147. The molecule has 1 aromatic heterocycles. The molecule has 5 nitrogen and oxygen atoms in total. The number of ether oxygens (including phenoxy) is 1. The van der Waals surface area contributed by atoms with Crippen LogP contribution in [0.2, 0.25) is 0 Å². The van der Waals surface area contributed by atoms with Gasteiger partial charge in [0, 0.05) is 13.7 Å². The summed E-state index contributed by atoms with van der Waals surface area (Å²) in [6.07, 6.45) is 2.45. The van der Waals surface area contributed by atoms with Crippen LogP contribution in [0.4, 0.5) is 0 Å². The van der Waals surface area contributed by atoms with Gasteiger partial charge in [-0.25, -0.2) is 0 Å². The second-order valence-electron chi connectivity index (χ2n) is 4.17. The summed E-state index contributed by atoms with van der Waals surface area (Å²) in [5.41, 5.74) is 7.38. The van der Waals surface area contributed by atoms with E-state index < -0.39 is 0 Å². The summed E-state index contributed by atoms with van der Waals surface area (Å²) >= 11 is 0. The first-order valence-corrected chi connectivity index (χ1v) is 5.97. The lowest BCUT2D eigenvalue weighted by atomic mass is 10.1. The maximum absolute atomic E-state index is 6.18. The van der Waals surface area contributed by atoms with Crippen molar-refractivity contribution in [1.82, 2.24) is 14.8 Å². The molecule has 1 aromatic carbocycles. The molecule has 1 heterocycles. The lowest BCUT2D eigenvalue weighted by molar-refractivity contribution is 0.185. The minimum atomic E-state index is -0.147. The van der Waals surface area contributed by atoms with E-state index >= 15 is 0 Å². The number of methoxy groups -OCH3 is 1. The minimum Gasteiger partial charge on any atom is -0.383 e. The third-order valence-corrected chi connectivity index (χ3v) is 2.81. The molecule has 0 amide bonds. The van der Waals surface area contributed by atoms with Gasteiger partial charge in [-0.3, -0.25) is 0 Å². The zero-order chi connectivity index (χ0) is 12.8. The molecule has 2 aromatic rings. The van der Waals surface area contributed by atoms with Crippen LogP contribution in [0.25, 0.3) is 0 Å². The largest absolute Gasteiger partial charge is 0.383 e. The fraction of sp³-hybridized carbons (Fsp3) is 0.385. The second kappa shape index (κ2) is 6.28. The first kappa shape index (κ1) is 12.7. The van der Waals surface area contributed by atoms with Gasteiger partial charge >= 0.3 is 0 Å². The van der Waals surface area contributed by atoms with E-state index in [0.717, 1.165) is 18.8 Å². The van der Waals surface area contributed by atoms with Crippen molar-refractivity contribution in [3.05, 3.63) is 48.0 Å². The molecule has 0 fully saturated rings. The summed E-state index contributed by atoms with van der Waals surface area (Å²) in [5, 5.41) is 8.01. The van der Waals surface area contributed by atoms with Crippen LogP contribution in [-0.2, 0) is 17.7 Å². The molecule has 0 saturated heterocycles. The zero-order valence-electron chi connectivity index (χ0n) is 10.5.